The Labute approximate surface area is 166 Å². The van der Waals surface area contributed by atoms with E-state index in [-0.39, 0.29) is 24.4 Å². The van der Waals surface area contributed by atoms with Crippen molar-refractivity contribution in [2.24, 2.45) is 0 Å². The van der Waals surface area contributed by atoms with Gasteiger partial charge in [0.25, 0.3) is 5.91 Å². The average Bonchev–Trinajstić information content (AvgIpc) is 3.17. The Morgan fingerprint density at radius 1 is 1.20 bits per heavy atom. The van der Waals surface area contributed by atoms with Crippen LogP contribution >= 0.6 is 46.9 Å². The third-order valence-corrected chi connectivity index (χ3v) is 6.34. The van der Waals surface area contributed by atoms with Gasteiger partial charge in [0.1, 0.15) is 10.7 Å². The lowest BCUT2D eigenvalue weighted by Gasteiger charge is -2.29. The Bertz CT molecular complexity index is 770. The number of benzene rings is 1. The number of halogens is 3. The number of carbonyl (C=O) groups is 1. The van der Waals surface area contributed by atoms with Crippen molar-refractivity contribution in [3.05, 3.63) is 39.3 Å². The van der Waals surface area contributed by atoms with Crippen LogP contribution in [0.4, 0.5) is 0 Å². The van der Waals surface area contributed by atoms with Crippen LogP contribution in [0.25, 0.3) is 10.6 Å². The van der Waals surface area contributed by atoms with E-state index in [1.807, 2.05) is 6.07 Å². The zero-order valence-corrected chi connectivity index (χ0v) is 16.4. The predicted octanol–water partition coefficient (Wildman–Crippen LogP) is 4.55. The highest BCUT2D eigenvalue weighted by molar-refractivity contribution is 7.13. The maximum absolute atomic E-state index is 12.5. The summed E-state index contributed by atoms with van der Waals surface area (Å²) in [4.78, 5) is 16.9. The molecule has 0 saturated carbocycles. The van der Waals surface area contributed by atoms with Crippen molar-refractivity contribution < 1.29 is 4.79 Å². The summed E-state index contributed by atoms with van der Waals surface area (Å²) in [5.41, 5.74) is 1.33. The number of carbonyl (C=O) groups excluding carboxylic acids is 1. The van der Waals surface area contributed by atoms with E-state index < -0.39 is 0 Å². The van der Waals surface area contributed by atoms with Crippen LogP contribution in [-0.4, -0.2) is 29.0 Å². The summed E-state index contributed by atoms with van der Waals surface area (Å²) in [6.07, 6.45) is 4.45. The van der Waals surface area contributed by atoms with Gasteiger partial charge in [0.05, 0.1) is 10.0 Å². The molecule has 0 aliphatic carbocycles. The van der Waals surface area contributed by atoms with Crippen LogP contribution in [0.2, 0.25) is 10.0 Å². The number of hydrogen-bond donors (Lipinski definition) is 2. The van der Waals surface area contributed by atoms with E-state index in [1.54, 1.807) is 17.5 Å². The molecule has 2 fully saturated rings. The third kappa shape index (κ3) is 4.12. The minimum atomic E-state index is -0.0936. The fourth-order valence-electron chi connectivity index (χ4n) is 3.57. The molecule has 2 bridgehead atoms. The third-order valence-electron chi connectivity index (χ3n) is 4.71. The van der Waals surface area contributed by atoms with Crippen molar-refractivity contribution in [3.8, 4) is 10.6 Å². The summed E-state index contributed by atoms with van der Waals surface area (Å²) in [5.74, 6) is -0.0936. The highest BCUT2D eigenvalue weighted by Crippen LogP contribution is 2.31. The maximum atomic E-state index is 12.5. The first-order valence-corrected chi connectivity index (χ1v) is 9.70. The first kappa shape index (κ1) is 18.9. The molecule has 8 heteroatoms. The topological polar surface area (TPSA) is 54.0 Å². The van der Waals surface area contributed by atoms with Gasteiger partial charge in [-0.15, -0.1) is 23.7 Å². The number of piperidine rings is 1. The van der Waals surface area contributed by atoms with Crippen molar-refractivity contribution in [1.82, 2.24) is 15.6 Å². The van der Waals surface area contributed by atoms with Gasteiger partial charge in [-0.25, -0.2) is 4.98 Å². The lowest BCUT2D eigenvalue weighted by atomic mass is 10.00. The van der Waals surface area contributed by atoms with Gasteiger partial charge in [-0.3, -0.25) is 4.79 Å². The molecule has 2 N–H and O–H groups in total. The molecule has 0 spiro atoms. The van der Waals surface area contributed by atoms with E-state index in [1.165, 1.54) is 24.2 Å². The molecule has 0 radical (unpaired) electrons. The number of aromatic nitrogens is 1. The fraction of sp³-hybridized carbons (Fsp3) is 0.412. The molecule has 1 aromatic carbocycles. The van der Waals surface area contributed by atoms with Crippen LogP contribution in [0.1, 0.15) is 36.2 Å². The van der Waals surface area contributed by atoms with Crippen LogP contribution in [0, 0.1) is 0 Å². The number of fused-ring (bicyclic) bond motifs is 2. The van der Waals surface area contributed by atoms with Gasteiger partial charge in [-0.05, 0) is 37.8 Å². The summed E-state index contributed by atoms with van der Waals surface area (Å²) >= 11 is 13.4. The Morgan fingerprint density at radius 2 is 1.92 bits per heavy atom. The smallest absolute Gasteiger partial charge is 0.270 e. The summed E-state index contributed by atoms with van der Waals surface area (Å²) < 4.78 is 0. The number of nitrogens with zero attached hydrogens (tertiary/aromatic N) is 1. The molecule has 134 valence electrons. The first-order chi connectivity index (χ1) is 11.6. The Morgan fingerprint density at radius 3 is 2.60 bits per heavy atom. The zero-order valence-electron chi connectivity index (χ0n) is 13.3. The summed E-state index contributed by atoms with van der Waals surface area (Å²) in [6.45, 7) is 0. The Hall–Kier alpha value is -0.850. The Balaban J connectivity index is 0.00000182. The van der Waals surface area contributed by atoms with Gasteiger partial charge >= 0.3 is 0 Å². The van der Waals surface area contributed by atoms with Crippen molar-refractivity contribution in [2.45, 2.75) is 43.8 Å². The molecule has 2 aliphatic heterocycles. The minimum Gasteiger partial charge on any atom is -0.348 e. The number of amides is 1. The molecular formula is C17H18Cl3N3OS. The second-order valence-corrected chi connectivity index (χ2v) is 8.12. The van der Waals surface area contributed by atoms with Gasteiger partial charge in [0.15, 0.2) is 0 Å². The van der Waals surface area contributed by atoms with E-state index in [2.05, 4.69) is 15.6 Å². The largest absolute Gasteiger partial charge is 0.348 e. The zero-order chi connectivity index (χ0) is 16.7. The van der Waals surface area contributed by atoms with Crippen molar-refractivity contribution in [2.75, 3.05) is 0 Å². The molecule has 4 rings (SSSR count). The van der Waals surface area contributed by atoms with E-state index in [4.69, 9.17) is 23.2 Å². The molecule has 2 aliphatic rings. The van der Waals surface area contributed by atoms with E-state index in [0.717, 1.165) is 23.4 Å². The van der Waals surface area contributed by atoms with Crippen molar-refractivity contribution >= 4 is 52.9 Å². The molecule has 2 saturated heterocycles. The molecular weight excluding hydrogens is 401 g/mol. The van der Waals surface area contributed by atoms with Gasteiger partial charge in [0, 0.05) is 29.1 Å². The molecule has 2 atom stereocenters. The first-order valence-electron chi connectivity index (χ1n) is 8.06. The van der Waals surface area contributed by atoms with Crippen molar-refractivity contribution in [1.29, 1.82) is 0 Å². The monoisotopic (exact) mass is 417 g/mol. The molecule has 2 unspecified atom stereocenters. The minimum absolute atomic E-state index is 0. The molecule has 1 aromatic heterocycles. The van der Waals surface area contributed by atoms with Crippen LogP contribution < -0.4 is 10.6 Å². The number of nitrogens with one attached hydrogen (secondary N) is 2. The van der Waals surface area contributed by atoms with E-state index in [9.17, 15) is 4.79 Å². The lowest BCUT2D eigenvalue weighted by Crippen LogP contribution is -2.48. The lowest BCUT2D eigenvalue weighted by molar-refractivity contribution is 0.0919. The van der Waals surface area contributed by atoms with Crippen LogP contribution in [-0.2, 0) is 0 Å². The highest BCUT2D eigenvalue weighted by atomic mass is 35.5. The van der Waals surface area contributed by atoms with Crippen LogP contribution in [0.15, 0.2) is 23.6 Å². The summed E-state index contributed by atoms with van der Waals surface area (Å²) in [6, 6.07) is 6.72. The van der Waals surface area contributed by atoms with Crippen molar-refractivity contribution in [3.63, 3.8) is 0 Å². The van der Waals surface area contributed by atoms with Gasteiger partial charge in [0.2, 0.25) is 0 Å². The molecule has 25 heavy (non-hydrogen) atoms. The van der Waals surface area contributed by atoms with Gasteiger partial charge < -0.3 is 10.6 Å². The highest BCUT2D eigenvalue weighted by Gasteiger charge is 2.34. The molecule has 3 heterocycles. The average molecular weight is 419 g/mol. The van der Waals surface area contributed by atoms with Crippen LogP contribution in [0.3, 0.4) is 0 Å². The quantitative estimate of drug-likeness (QED) is 0.769. The number of rotatable bonds is 3. The van der Waals surface area contributed by atoms with Crippen LogP contribution in [0.5, 0.6) is 0 Å². The van der Waals surface area contributed by atoms with E-state index >= 15 is 0 Å². The Kier molecular flexibility index (Phi) is 5.91. The number of thiazole rings is 1. The molecule has 4 nitrogen and oxygen atoms in total. The molecule has 1 amide bonds. The predicted molar refractivity (Wildman–Crippen MR) is 105 cm³/mol. The maximum Gasteiger partial charge on any atom is 0.270 e. The molecule has 2 aromatic rings. The summed E-state index contributed by atoms with van der Waals surface area (Å²) in [5, 5.41) is 10.3. The SMILES string of the molecule is Cl.O=C(NC1CC2CCC(C1)N2)c1csc(-c2ccc(Cl)c(Cl)c2)n1. The summed E-state index contributed by atoms with van der Waals surface area (Å²) in [7, 11) is 0. The standard InChI is InChI=1S/C17H17Cl2N3OS.ClH/c18-13-4-1-9(5-14(13)19)17-22-15(8-24-17)16(23)21-12-6-10-2-3-11(7-12)20-10;/h1,4-5,8,10-12,20H,2-3,6-7H2,(H,21,23);1H. The second kappa shape index (κ2) is 7.80. The normalized spacial score (nSPS) is 24.6. The second-order valence-electron chi connectivity index (χ2n) is 6.45. The van der Waals surface area contributed by atoms with Gasteiger partial charge in [-0.2, -0.15) is 0 Å². The van der Waals surface area contributed by atoms with Gasteiger partial charge in [-0.1, -0.05) is 29.3 Å². The fourth-order valence-corrected chi connectivity index (χ4v) is 4.67. The van der Waals surface area contributed by atoms with E-state index in [0.29, 0.717) is 27.8 Å². The number of hydrogen-bond acceptors (Lipinski definition) is 4.